The van der Waals surface area contributed by atoms with Gasteiger partial charge in [-0.25, -0.2) is 8.42 Å². The SMILES string of the molecule is O=S(=O)(Nc1ccc(Cl)c(Cl)c1)c1ccc2c(c1)CCN2. The lowest BCUT2D eigenvalue weighted by Crippen LogP contribution is -2.13. The third-order valence-electron chi connectivity index (χ3n) is 3.27. The van der Waals surface area contributed by atoms with E-state index in [4.69, 9.17) is 23.2 Å². The maximum absolute atomic E-state index is 12.4. The first kappa shape index (κ1) is 14.5. The largest absolute Gasteiger partial charge is 0.384 e. The van der Waals surface area contributed by atoms with Crippen molar-refractivity contribution in [3.63, 3.8) is 0 Å². The smallest absolute Gasteiger partial charge is 0.261 e. The maximum Gasteiger partial charge on any atom is 0.261 e. The Morgan fingerprint density at radius 3 is 2.62 bits per heavy atom. The number of hydrogen-bond acceptors (Lipinski definition) is 3. The molecule has 2 aromatic rings. The molecule has 0 radical (unpaired) electrons. The van der Waals surface area contributed by atoms with Gasteiger partial charge in [-0.05, 0) is 48.4 Å². The monoisotopic (exact) mass is 342 g/mol. The van der Waals surface area contributed by atoms with Crippen molar-refractivity contribution in [3.05, 3.63) is 52.0 Å². The molecule has 110 valence electrons. The standard InChI is InChI=1S/C14H12Cl2N2O2S/c15-12-3-1-10(8-13(12)16)18-21(19,20)11-2-4-14-9(7-11)5-6-17-14/h1-4,7-8,17-18H,5-6H2. The second kappa shape index (κ2) is 5.40. The molecule has 1 heterocycles. The van der Waals surface area contributed by atoms with Crippen molar-refractivity contribution >= 4 is 44.6 Å². The highest BCUT2D eigenvalue weighted by molar-refractivity contribution is 7.92. The summed E-state index contributed by atoms with van der Waals surface area (Å²) < 4.78 is 27.3. The van der Waals surface area contributed by atoms with Crippen LogP contribution in [0.2, 0.25) is 10.0 Å². The van der Waals surface area contributed by atoms with Gasteiger partial charge in [-0.3, -0.25) is 4.72 Å². The Bertz CT molecular complexity index is 807. The molecule has 4 nitrogen and oxygen atoms in total. The van der Waals surface area contributed by atoms with Crippen LogP contribution in [0, 0.1) is 0 Å². The van der Waals surface area contributed by atoms with E-state index in [1.807, 2.05) is 0 Å². The highest BCUT2D eigenvalue weighted by Crippen LogP contribution is 2.28. The van der Waals surface area contributed by atoms with Crippen LogP contribution in [0.4, 0.5) is 11.4 Å². The van der Waals surface area contributed by atoms with Crippen molar-refractivity contribution in [2.24, 2.45) is 0 Å². The molecule has 0 amide bonds. The van der Waals surface area contributed by atoms with E-state index in [2.05, 4.69) is 10.0 Å². The first-order chi connectivity index (χ1) is 9.95. The molecule has 0 spiro atoms. The number of anilines is 2. The molecule has 0 saturated carbocycles. The van der Waals surface area contributed by atoms with Gasteiger partial charge in [-0.15, -0.1) is 0 Å². The van der Waals surface area contributed by atoms with Gasteiger partial charge in [0.1, 0.15) is 0 Å². The third kappa shape index (κ3) is 2.95. The summed E-state index contributed by atoms with van der Waals surface area (Å²) >= 11 is 11.7. The van der Waals surface area contributed by atoms with Crippen molar-refractivity contribution in [2.45, 2.75) is 11.3 Å². The molecule has 0 bridgehead atoms. The molecule has 0 aliphatic carbocycles. The number of halogens is 2. The molecular formula is C14H12Cl2N2O2S. The predicted octanol–water partition coefficient (Wildman–Crippen LogP) is 3.76. The van der Waals surface area contributed by atoms with E-state index >= 15 is 0 Å². The van der Waals surface area contributed by atoms with Gasteiger partial charge in [-0.1, -0.05) is 23.2 Å². The Morgan fingerprint density at radius 1 is 1.05 bits per heavy atom. The van der Waals surface area contributed by atoms with Gasteiger partial charge in [0.15, 0.2) is 0 Å². The molecule has 3 rings (SSSR count). The lowest BCUT2D eigenvalue weighted by molar-refractivity contribution is 0.601. The molecule has 1 aliphatic rings. The van der Waals surface area contributed by atoms with Crippen LogP contribution in [-0.2, 0) is 16.4 Å². The fourth-order valence-electron chi connectivity index (χ4n) is 2.22. The van der Waals surface area contributed by atoms with Crippen LogP contribution in [-0.4, -0.2) is 15.0 Å². The number of hydrogen-bond donors (Lipinski definition) is 2. The topological polar surface area (TPSA) is 58.2 Å². The van der Waals surface area contributed by atoms with Gasteiger partial charge in [-0.2, -0.15) is 0 Å². The predicted molar refractivity (Wildman–Crippen MR) is 85.9 cm³/mol. The maximum atomic E-state index is 12.4. The number of rotatable bonds is 3. The zero-order valence-corrected chi connectivity index (χ0v) is 13.2. The third-order valence-corrected chi connectivity index (χ3v) is 5.39. The van der Waals surface area contributed by atoms with Crippen LogP contribution < -0.4 is 10.0 Å². The summed E-state index contributed by atoms with van der Waals surface area (Å²) in [6.45, 7) is 0.832. The Hall–Kier alpha value is -1.43. The van der Waals surface area contributed by atoms with E-state index in [1.54, 1.807) is 30.3 Å². The molecule has 21 heavy (non-hydrogen) atoms. The zero-order chi connectivity index (χ0) is 15.0. The highest BCUT2D eigenvalue weighted by atomic mass is 35.5. The van der Waals surface area contributed by atoms with Crippen molar-refractivity contribution in [1.82, 2.24) is 0 Å². The first-order valence-corrected chi connectivity index (χ1v) is 8.54. The Kier molecular flexibility index (Phi) is 3.73. The number of fused-ring (bicyclic) bond motifs is 1. The van der Waals surface area contributed by atoms with Gasteiger partial charge >= 0.3 is 0 Å². The van der Waals surface area contributed by atoms with Gasteiger partial charge in [0.2, 0.25) is 0 Å². The molecule has 0 atom stereocenters. The molecule has 0 aromatic heterocycles. The molecule has 1 aliphatic heterocycles. The summed E-state index contributed by atoms with van der Waals surface area (Å²) in [7, 11) is -3.64. The highest BCUT2D eigenvalue weighted by Gasteiger charge is 2.18. The summed E-state index contributed by atoms with van der Waals surface area (Å²) in [6, 6.07) is 9.66. The lowest BCUT2D eigenvalue weighted by Gasteiger charge is -2.10. The van der Waals surface area contributed by atoms with Crippen molar-refractivity contribution in [2.75, 3.05) is 16.6 Å². The molecule has 0 fully saturated rings. The second-order valence-electron chi connectivity index (χ2n) is 4.73. The van der Waals surface area contributed by atoms with Crippen LogP contribution in [0.1, 0.15) is 5.56 Å². The summed E-state index contributed by atoms with van der Waals surface area (Å²) in [6.07, 6.45) is 0.825. The van der Waals surface area contributed by atoms with Gasteiger partial charge in [0, 0.05) is 12.2 Å². The van der Waals surface area contributed by atoms with Gasteiger partial charge in [0.05, 0.1) is 20.6 Å². The van der Waals surface area contributed by atoms with Crippen molar-refractivity contribution in [3.8, 4) is 0 Å². The van der Waals surface area contributed by atoms with Crippen LogP contribution >= 0.6 is 23.2 Å². The van der Waals surface area contributed by atoms with Crippen LogP contribution in [0.5, 0.6) is 0 Å². The molecule has 0 saturated heterocycles. The van der Waals surface area contributed by atoms with Crippen LogP contribution in [0.25, 0.3) is 0 Å². The Labute approximate surface area is 133 Å². The molecule has 2 N–H and O–H groups in total. The quantitative estimate of drug-likeness (QED) is 0.892. The summed E-state index contributed by atoms with van der Waals surface area (Å²) in [5.41, 5.74) is 2.37. The normalized spacial score (nSPS) is 13.6. The summed E-state index contributed by atoms with van der Waals surface area (Å²) in [4.78, 5) is 0.232. The van der Waals surface area contributed by atoms with Crippen LogP contribution in [0.3, 0.4) is 0 Å². The fourth-order valence-corrected chi connectivity index (χ4v) is 3.62. The Morgan fingerprint density at radius 2 is 1.86 bits per heavy atom. The van der Waals surface area contributed by atoms with E-state index < -0.39 is 10.0 Å². The van der Waals surface area contributed by atoms with Gasteiger partial charge < -0.3 is 5.32 Å². The van der Waals surface area contributed by atoms with E-state index in [-0.39, 0.29) is 4.90 Å². The van der Waals surface area contributed by atoms with E-state index in [0.29, 0.717) is 15.7 Å². The first-order valence-electron chi connectivity index (χ1n) is 6.30. The molecular weight excluding hydrogens is 331 g/mol. The minimum absolute atomic E-state index is 0.232. The molecule has 2 aromatic carbocycles. The average Bonchev–Trinajstić information content (AvgIpc) is 2.90. The summed E-state index contributed by atoms with van der Waals surface area (Å²) in [5.74, 6) is 0. The van der Waals surface area contributed by atoms with Gasteiger partial charge in [0.25, 0.3) is 10.0 Å². The van der Waals surface area contributed by atoms with Crippen molar-refractivity contribution in [1.29, 1.82) is 0 Å². The fraction of sp³-hybridized carbons (Fsp3) is 0.143. The summed E-state index contributed by atoms with van der Waals surface area (Å²) in [5, 5.41) is 3.87. The van der Waals surface area contributed by atoms with Crippen molar-refractivity contribution < 1.29 is 8.42 Å². The van der Waals surface area contributed by atoms with E-state index in [1.165, 1.54) is 6.07 Å². The minimum atomic E-state index is -3.64. The van der Waals surface area contributed by atoms with E-state index in [0.717, 1.165) is 24.2 Å². The second-order valence-corrected chi connectivity index (χ2v) is 7.23. The van der Waals surface area contributed by atoms with E-state index in [9.17, 15) is 8.42 Å². The molecule has 0 unspecified atom stereocenters. The number of benzene rings is 2. The lowest BCUT2D eigenvalue weighted by atomic mass is 10.2. The van der Waals surface area contributed by atoms with Crippen LogP contribution in [0.15, 0.2) is 41.3 Å². The Balaban J connectivity index is 1.91. The minimum Gasteiger partial charge on any atom is -0.384 e. The zero-order valence-electron chi connectivity index (χ0n) is 10.9. The number of sulfonamides is 1. The molecule has 7 heteroatoms. The number of nitrogens with one attached hydrogen (secondary N) is 2. The average molecular weight is 343 g/mol.